The number of aryl methyl sites for hydroxylation is 2. The number of rotatable bonds is 1. The van der Waals surface area contributed by atoms with Crippen molar-refractivity contribution in [3.05, 3.63) is 52.7 Å². The van der Waals surface area contributed by atoms with Crippen molar-refractivity contribution in [3.8, 4) is 6.07 Å². The molecule has 0 radical (unpaired) electrons. The fourth-order valence-corrected chi connectivity index (χ4v) is 3.33. The van der Waals surface area contributed by atoms with Crippen molar-refractivity contribution in [1.29, 1.82) is 5.26 Å². The fourth-order valence-electron chi connectivity index (χ4n) is 3.33. The predicted octanol–water partition coefficient (Wildman–Crippen LogP) is 2.71. The Bertz CT molecular complexity index is 948. The molecule has 4 rings (SSSR count). The first-order valence-electron chi connectivity index (χ1n) is 7.73. The molecule has 0 saturated heterocycles. The molecule has 2 aromatic heterocycles. The summed E-state index contributed by atoms with van der Waals surface area (Å²) in [4.78, 5) is 6.96. The third-order valence-electron chi connectivity index (χ3n) is 4.53. The van der Waals surface area contributed by atoms with E-state index in [1.807, 2.05) is 20.0 Å². The van der Waals surface area contributed by atoms with E-state index in [0.717, 1.165) is 42.1 Å². The molecule has 0 N–H and O–H groups in total. The summed E-state index contributed by atoms with van der Waals surface area (Å²) in [5.74, 6) is 0.762. The molecule has 114 valence electrons. The molecule has 0 atom stereocenters. The van der Waals surface area contributed by atoms with E-state index in [2.05, 4.69) is 40.3 Å². The Labute approximate surface area is 134 Å². The number of fused-ring (bicyclic) bond motifs is 2. The Kier molecular flexibility index (Phi) is 3.05. The van der Waals surface area contributed by atoms with Gasteiger partial charge >= 0.3 is 0 Å². The fraction of sp³-hybridized carbons (Fsp3) is 0.278. The van der Waals surface area contributed by atoms with E-state index in [1.165, 1.54) is 11.1 Å². The van der Waals surface area contributed by atoms with Gasteiger partial charge < -0.3 is 4.90 Å². The van der Waals surface area contributed by atoms with Crippen LogP contribution >= 0.6 is 0 Å². The number of nitriles is 1. The monoisotopic (exact) mass is 303 g/mol. The molecule has 23 heavy (non-hydrogen) atoms. The minimum atomic E-state index is 0.619. The highest BCUT2D eigenvalue weighted by Gasteiger charge is 2.21. The quantitative estimate of drug-likeness (QED) is 0.693. The third kappa shape index (κ3) is 2.15. The highest BCUT2D eigenvalue weighted by Crippen LogP contribution is 2.28. The standard InChI is InChI=1S/C18H17N5/c1-12-16-9-15(10-19)17(20-18(16)22(2)21-12)23-8-7-13-5-3-4-6-14(13)11-23/h3-6,9H,7-8,11H2,1-2H3. The maximum atomic E-state index is 9.56. The third-order valence-corrected chi connectivity index (χ3v) is 4.53. The van der Waals surface area contributed by atoms with Crippen LogP contribution in [0, 0.1) is 18.3 Å². The molecule has 0 spiro atoms. The van der Waals surface area contributed by atoms with Crippen LogP contribution in [-0.4, -0.2) is 21.3 Å². The molecule has 3 heterocycles. The largest absolute Gasteiger partial charge is 0.351 e. The molecule has 0 aliphatic carbocycles. The van der Waals surface area contributed by atoms with Crippen molar-refractivity contribution in [1.82, 2.24) is 14.8 Å². The van der Waals surface area contributed by atoms with Crippen LogP contribution in [0.25, 0.3) is 11.0 Å². The SMILES string of the molecule is Cc1nn(C)c2nc(N3CCc4ccccc4C3)c(C#N)cc12. The van der Waals surface area contributed by atoms with Gasteiger partial charge in [0, 0.05) is 25.5 Å². The van der Waals surface area contributed by atoms with Gasteiger partial charge in [-0.2, -0.15) is 10.4 Å². The Morgan fingerprint density at radius 3 is 2.78 bits per heavy atom. The normalized spacial score (nSPS) is 13.9. The summed E-state index contributed by atoms with van der Waals surface area (Å²) < 4.78 is 1.78. The Morgan fingerprint density at radius 1 is 1.22 bits per heavy atom. The van der Waals surface area contributed by atoms with E-state index in [0.29, 0.717) is 5.56 Å². The topological polar surface area (TPSA) is 57.7 Å². The number of hydrogen-bond donors (Lipinski definition) is 0. The lowest BCUT2D eigenvalue weighted by Gasteiger charge is -2.30. The molecule has 3 aromatic rings. The van der Waals surface area contributed by atoms with E-state index < -0.39 is 0 Å². The maximum absolute atomic E-state index is 9.56. The molecule has 0 amide bonds. The second-order valence-electron chi connectivity index (χ2n) is 5.99. The number of aromatic nitrogens is 3. The summed E-state index contributed by atoms with van der Waals surface area (Å²) in [6, 6.07) is 12.7. The molecule has 0 fully saturated rings. The van der Waals surface area contributed by atoms with Gasteiger partial charge in [-0.1, -0.05) is 24.3 Å². The number of anilines is 1. The second-order valence-corrected chi connectivity index (χ2v) is 5.99. The van der Waals surface area contributed by atoms with Crippen LogP contribution in [0.2, 0.25) is 0 Å². The number of nitrogens with zero attached hydrogens (tertiary/aromatic N) is 5. The molecular formula is C18H17N5. The molecule has 1 aliphatic rings. The number of benzene rings is 1. The average Bonchev–Trinajstić information content (AvgIpc) is 2.87. The van der Waals surface area contributed by atoms with Gasteiger partial charge in [0.2, 0.25) is 0 Å². The van der Waals surface area contributed by atoms with Gasteiger partial charge in [0.15, 0.2) is 5.65 Å². The average molecular weight is 303 g/mol. The van der Waals surface area contributed by atoms with Crippen molar-refractivity contribution in [2.24, 2.45) is 7.05 Å². The Balaban J connectivity index is 1.83. The van der Waals surface area contributed by atoms with Gasteiger partial charge in [-0.05, 0) is 30.5 Å². The first kappa shape index (κ1) is 13.8. The lowest BCUT2D eigenvalue weighted by atomic mass is 9.99. The Morgan fingerprint density at radius 2 is 2.00 bits per heavy atom. The lowest BCUT2D eigenvalue weighted by Crippen LogP contribution is -2.31. The van der Waals surface area contributed by atoms with Crippen molar-refractivity contribution in [2.45, 2.75) is 19.9 Å². The first-order chi connectivity index (χ1) is 11.2. The van der Waals surface area contributed by atoms with Gasteiger partial charge in [-0.15, -0.1) is 0 Å². The molecule has 0 saturated carbocycles. The number of pyridine rings is 1. The zero-order valence-corrected chi connectivity index (χ0v) is 13.2. The lowest BCUT2D eigenvalue weighted by molar-refractivity contribution is 0.717. The van der Waals surface area contributed by atoms with Crippen molar-refractivity contribution < 1.29 is 0 Å². The van der Waals surface area contributed by atoms with E-state index in [9.17, 15) is 5.26 Å². The smallest absolute Gasteiger partial charge is 0.160 e. The van der Waals surface area contributed by atoms with Crippen LogP contribution in [0.1, 0.15) is 22.4 Å². The molecule has 1 aromatic carbocycles. The minimum absolute atomic E-state index is 0.619. The van der Waals surface area contributed by atoms with Gasteiger partial charge in [0.05, 0.1) is 11.3 Å². The molecular weight excluding hydrogens is 286 g/mol. The summed E-state index contributed by atoms with van der Waals surface area (Å²) in [5, 5.41) is 14.9. The van der Waals surface area contributed by atoms with Gasteiger partial charge in [0.25, 0.3) is 0 Å². The van der Waals surface area contributed by atoms with E-state index in [-0.39, 0.29) is 0 Å². The zero-order valence-electron chi connectivity index (χ0n) is 13.2. The molecule has 5 heteroatoms. The predicted molar refractivity (Wildman–Crippen MR) is 89.2 cm³/mol. The van der Waals surface area contributed by atoms with Crippen molar-refractivity contribution in [2.75, 3.05) is 11.4 Å². The van der Waals surface area contributed by atoms with Crippen LogP contribution in [0.3, 0.4) is 0 Å². The maximum Gasteiger partial charge on any atom is 0.160 e. The molecule has 0 unspecified atom stereocenters. The highest BCUT2D eigenvalue weighted by atomic mass is 15.3. The summed E-state index contributed by atoms with van der Waals surface area (Å²) in [5.41, 5.74) is 5.05. The van der Waals surface area contributed by atoms with Gasteiger partial charge in [-0.3, -0.25) is 4.68 Å². The van der Waals surface area contributed by atoms with E-state index >= 15 is 0 Å². The van der Waals surface area contributed by atoms with Crippen LogP contribution in [0.15, 0.2) is 30.3 Å². The molecule has 1 aliphatic heterocycles. The van der Waals surface area contributed by atoms with E-state index in [4.69, 9.17) is 4.98 Å². The molecule has 5 nitrogen and oxygen atoms in total. The summed E-state index contributed by atoms with van der Waals surface area (Å²) in [6.45, 7) is 3.61. The molecule has 0 bridgehead atoms. The van der Waals surface area contributed by atoms with E-state index in [1.54, 1.807) is 4.68 Å². The van der Waals surface area contributed by atoms with Crippen LogP contribution in [0.4, 0.5) is 5.82 Å². The second kappa shape index (κ2) is 5.10. The van der Waals surface area contributed by atoms with Crippen LogP contribution in [-0.2, 0) is 20.0 Å². The highest BCUT2D eigenvalue weighted by molar-refractivity contribution is 5.83. The van der Waals surface area contributed by atoms with Gasteiger partial charge in [-0.25, -0.2) is 4.98 Å². The minimum Gasteiger partial charge on any atom is -0.351 e. The summed E-state index contributed by atoms with van der Waals surface area (Å²) >= 11 is 0. The first-order valence-corrected chi connectivity index (χ1v) is 7.73. The van der Waals surface area contributed by atoms with Crippen LogP contribution in [0.5, 0.6) is 0 Å². The van der Waals surface area contributed by atoms with Crippen LogP contribution < -0.4 is 4.90 Å². The summed E-state index contributed by atoms with van der Waals surface area (Å²) in [7, 11) is 1.89. The summed E-state index contributed by atoms with van der Waals surface area (Å²) in [6.07, 6.45) is 0.977. The number of hydrogen-bond acceptors (Lipinski definition) is 4. The van der Waals surface area contributed by atoms with Gasteiger partial charge in [0.1, 0.15) is 11.9 Å². The van der Waals surface area contributed by atoms with Crippen molar-refractivity contribution >= 4 is 16.9 Å². The van der Waals surface area contributed by atoms with Crippen molar-refractivity contribution in [3.63, 3.8) is 0 Å². The zero-order chi connectivity index (χ0) is 16.0. The Hall–Kier alpha value is -2.87.